The number of carbonyl (C=O) groups is 3. The molecule has 0 bridgehead atoms. The normalized spacial score (nSPS) is 21.9. The number of para-hydroxylation sites is 1. The summed E-state index contributed by atoms with van der Waals surface area (Å²) < 4.78 is 5.78. The molecule has 4 N–H and O–H groups in total. The minimum absolute atomic E-state index is 0.0591. The lowest BCUT2D eigenvalue weighted by Gasteiger charge is -2.35. The van der Waals surface area contributed by atoms with Crippen LogP contribution in [0.2, 0.25) is 0 Å². The Morgan fingerprint density at radius 1 is 1.06 bits per heavy atom. The minimum atomic E-state index is -1.84. The molecular formula is C41H50N4O7. The number of ether oxygens (including phenoxy) is 1. The van der Waals surface area contributed by atoms with Gasteiger partial charge in [-0.15, -0.1) is 0 Å². The Bertz CT molecular complexity index is 1800. The monoisotopic (exact) mass is 710 g/mol. The fourth-order valence-electron chi connectivity index (χ4n) is 7.74. The Balaban J connectivity index is 1.24. The van der Waals surface area contributed by atoms with E-state index in [1.807, 2.05) is 61.5 Å². The molecule has 3 aliphatic heterocycles. The first-order chi connectivity index (χ1) is 25.2. The molecule has 0 spiro atoms. The summed E-state index contributed by atoms with van der Waals surface area (Å²) in [6, 6.07) is 19.9. The first kappa shape index (κ1) is 37.2. The topological polar surface area (TPSA) is 143 Å². The predicted molar refractivity (Wildman–Crippen MR) is 199 cm³/mol. The summed E-state index contributed by atoms with van der Waals surface area (Å²) in [6.07, 6.45) is 7.10. The molecule has 52 heavy (non-hydrogen) atoms. The molecule has 276 valence electrons. The Morgan fingerprint density at radius 3 is 2.67 bits per heavy atom. The van der Waals surface area contributed by atoms with Crippen LogP contribution in [-0.2, 0) is 33.0 Å². The highest BCUT2D eigenvalue weighted by molar-refractivity contribution is 6.08. The van der Waals surface area contributed by atoms with E-state index in [0.29, 0.717) is 49.5 Å². The molecule has 0 saturated carbocycles. The maximum absolute atomic E-state index is 14.2. The zero-order chi connectivity index (χ0) is 36.8. The molecule has 11 nitrogen and oxygen atoms in total. The van der Waals surface area contributed by atoms with E-state index in [1.165, 1.54) is 0 Å². The third-order valence-corrected chi connectivity index (χ3v) is 10.5. The van der Waals surface area contributed by atoms with Gasteiger partial charge in [0.25, 0.3) is 5.91 Å². The van der Waals surface area contributed by atoms with Crippen molar-refractivity contribution in [3.05, 3.63) is 95.6 Å². The van der Waals surface area contributed by atoms with E-state index in [0.717, 1.165) is 41.8 Å². The van der Waals surface area contributed by atoms with Gasteiger partial charge >= 0.3 is 0 Å². The van der Waals surface area contributed by atoms with E-state index in [2.05, 4.69) is 5.32 Å². The molecule has 0 radical (unpaired) electrons. The van der Waals surface area contributed by atoms with Crippen LogP contribution >= 0.6 is 0 Å². The van der Waals surface area contributed by atoms with E-state index in [4.69, 9.17) is 4.74 Å². The van der Waals surface area contributed by atoms with Gasteiger partial charge in [0.2, 0.25) is 11.8 Å². The standard InChI is InChI=1S/C41H50N4O7/c1-3-52-33-18-19-36-30(24-33)25-35(42-20-6-7-22-46)39(49)45(36)31-13-9-12-29(23-31)26-44-37-16-5-4-15-34(37)41(51,40(44)50)28(2)11-8-17-38(48)43-21-10-14-32(43)27-47/h4-5,8-9,11-13,15-16,18-19,23-24,28,32,35,42,46-47,51H,3,6-7,10,14,17,20-22,25-27H2,1-2H3/b11-8+/t28-,32-,35?,41+/m0/s1. The van der Waals surface area contributed by atoms with E-state index < -0.39 is 23.5 Å². The fraction of sp³-hybridized carbons (Fsp3) is 0.439. The summed E-state index contributed by atoms with van der Waals surface area (Å²) in [5, 5.41) is 34.4. The zero-order valence-corrected chi connectivity index (χ0v) is 30.0. The molecule has 0 aromatic heterocycles. The lowest BCUT2D eigenvalue weighted by Crippen LogP contribution is -2.49. The maximum Gasteiger partial charge on any atom is 0.264 e. The number of carbonyl (C=O) groups excluding carboxylic acids is 3. The Morgan fingerprint density at radius 2 is 1.88 bits per heavy atom. The quantitative estimate of drug-likeness (QED) is 0.135. The van der Waals surface area contributed by atoms with Gasteiger partial charge in [0.1, 0.15) is 5.75 Å². The highest BCUT2D eigenvalue weighted by atomic mass is 16.5. The Kier molecular flexibility index (Phi) is 11.7. The van der Waals surface area contributed by atoms with E-state index in [-0.39, 0.29) is 44.0 Å². The third-order valence-electron chi connectivity index (χ3n) is 10.5. The number of fused-ring (bicyclic) bond motifs is 2. The number of aliphatic hydroxyl groups excluding tert-OH is 2. The predicted octanol–water partition coefficient (Wildman–Crippen LogP) is 4.34. The average Bonchev–Trinajstić information content (AvgIpc) is 3.72. The lowest BCUT2D eigenvalue weighted by molar-refractivity contribution is -0.139. The average molecular weight is 711 g/mol. The molecule has 1 unspecified atom stereocenters. The van der Waals surface area contributed by atoms with Crippen molar-refractivity contribution >= 4 is 34.8 Å². The molecule has 4 atom stereocenters. The number of likely N-dealkylation sites (tertiary alicyclic amines) is 1. The second-order valence-electron chi connectivity index (χ2n) is 13.9. The molecule has 1 saturated heterocycles. The third kappa shape index (κ3) is 7.36. The van der Waals surface area contributed by atoms with Crippen molar-refractivity contribution in [3.8, 4) is 5.75 Å². The van der Waals surface area contributed by atoms with Gasteiger partial charge in [0, 0.05) is 36.7 Å². The number of nitrogens with one attached hydrogen (secondary N) is 1. The van der Waals surface area contributed by atoms with Gasteiger partial charge in [-0.25, -0.2) is 0 Å². The number of nitrogens with zero attached hydrogens (tertiary/aromatic N) is 3. The maximum atomic E-state index is 14.2. The van der Waals surface area contributed by atoms with Gasteiger partial charge in [0.15, 0.2) is 5.60 Å². The molecule has 3 amide bonds. The van der Waals surface area contributed by atoms with Gasteiger partial charge < -0.3 is 35.2 Å². The SMILES string of the molecule is CCOc1ccc2c(c1)CC(NCCCCO)C(=O)N2c1cccc(CN2C(=O)[C@@](O)([C@@H](C)/C=C/CC(=O)N3CCC[C@H]3CO)c3ccccc32)c1. The van der Waals surface area contributed by atoms with Crippen molar-refractivity contribution in [2.24, 2.45) is 5.92 Å². The number of hydrogen-bond acceptors (Lipinski definition) is 8. The number of anilines is 3. The molecule has 3 heterocycles. The fourth-order valence-corrected chi connectivity index (χ4v) is 7.74. The van der Waals surface area contributed by atoms with Crippen molar-refractivity contribution in [1.82, 2.24) is 10.2 Å². The summed E-state index contributed by atoms with van der Waals surface area (Å²) in [5.74, 6) is -0.536. The van der Waals surface area contributed by atoms with E-state index >= 15 is 0 Å². The molecule has 1 fully saturated rings. The number of unbranched alkanes of at least 4 members (excludes halogenated alkanes) is 1. The first-order valence-corrected chi connectivity index (χ1v) is 18.4. The van der Waals surface area contributed by atoms with Crippen molar-refractivity contribution in [1.29, 1.82) is 0 Å². The van der Waals surface area contributed by atoms with Crippen molar-refractivity contribution in [2.75, 3.05) is 42.7 Å². The number of aliphatic hydroxyl groups is 3. The van der Waals surface area contributed by atoms with Crippen LogP contribution in [-0.4, -0.2) is 82.9 Å². The smallest absolute Gasteiger partial charge is 0.264 e. The number of amides is 3. The zero-order valence-electron chi connectivity index (χ0n) is 30.0. The summed E-state index contributed by atoms with van der Waals surface area (Å²) in [6.45, 7) is 5.66. The van der Waals surface area contributed by atoms with Crippen LogP contribution in [0.1, 0.15) is 62.6 Å². The molecule has 11 heteroatoms. The molecule has 3 aromatic carbocycles. The largest absolute Gasteiger partial charge is 0.494 e. The van der Waals surface area contributed by atoms with Crippen LogP contribution < -0.4 is 19.9 Å². The highest BCUT2D eigenvalue weighted by Gasteiger charge is 2.52. The summed E-state index contributed by atoms with van der Waals surface area (Å²) >= 11 is 0. The summed E-state index contributed by atoms with van der Waals surface area (Å²) in [5.41, 5.74) is 2.44. The van der Waals surface area contributed by atoms with Crippen LogP contribution in [0, 0.1) is 5.92 Å². The minimum Gasteiger partial charge on any atom is -0.494 e. The summed E-state index contributed by atoms with van der Waals surface area (Å²) in [4.78, 5) is 46.2. The molecule has 6 rings (SSSR count). The van der Waals surface area contributed by atoms with Gasteiger partial charge in [0.05, 0.1) is 43.2 Å². The van der Waals surface area contributed by atoms with Crippen molar-refractivity contribution in [3.63, 3.8) is 0 Å². The lowest BCUT2D eigenvalue weighted by atomic mass is 9.83. The van der Waals surface area contributed by atoms with Gasteiger partial charge in [-0.2, -0.15) is 0 Å². The van der Waals surface area contributed by atoms with Crippen LogP contribution in [0.25, 0.3) is 0 Å². The van der Waals surface area contributed by atoms with Gasteiger partial charge in [-0.1, -0.05) is 49.4 Å². The Hall–Kier alpha value is -4.55. The number of benzene rings is 3. The number of rotatable bonds is 15. The van der Waals surface area contributed by atoms with Crippen molar-refractivity contribution in [2.45, 2.75) is 76.6 Å². The molecule has 0 aliphatic carbocycles. The van der Waals surface area contributed by atoms with Crippen LogP contribution in [0.15, 0.2) is 78.9 Å². The first-order valence-electron chi connectivity index (χ1n) is 18.4. The van der Waals surface area contributed by atoms with E-state index in [9.17, 15) is 29.7 Å². The number of hydrogen-bond donors (Lipinski definition) is 4. The van der Waals surface area contributed by atoms with Gasteiger partial charge in [-0.3, -0.25) is 19.3 Å². The Labute approximate surface area is 305 Å². The van der Waals surface area contributed by atoms with Crippen LogP contribution in [0.3, 0.4) is 0 Å². The second kappa shape index (κ2) is 16.4. The van der Waals surface area contributed by atoms with E-state index in [1.54, 1.807) is 45.9 Å². The molecule has 3 aromatic rings. The van der Waals surface area contributed by atoms with Crippen LogP contribution in [0.5, 0.6) is 5.75 Å². The second-order valence-corrected chi connectivity index (χ2v) is 13.9. The van der Waals surface area contributed by atoms with Gasteiger partial charge in [-0.05, 0) is 93.1 Å². The molecular weight excluding hydrogens is 660 g/mol. The highest BCUT2D eigenvalue weighted by Crippen LogP contribution is 2.46. The van der Waals surface area contributed by atoms with Crippen molar-refractivity contribution < 1.29 is 34.4 Å². The molecule has 3 aliphatic rings. The summed E-state index contributed by atoms with van der Waals surface area (Å²) in [7, 11) is 0. The van der Waals surface area contributed by atoms with Crippen LogP contribution in [0.4, 0.5) is 17.1 Å².